The molecule has 1 saturated heterocycles. The molecule has 4 rings (SSSR count). The molecule has 140 valence electrons. The van der Waals surface area contributed by atoms with Gasteiger partial charge in [-0.3, -0.25) is 10.1 Å². The first-order valence-electron chi connectivity index (χ1n) is 8.80. The number of hydrogen-bond acceptors (Lipinski definition) is 4. The summed E-state index contributed by atoms with van der Waals surface area (Å²) in [5.74, 6) is 1.46. The van der Waals surface area contributed by atoms with Gasteiger partial charge in [-0.15, -0.1) is 12.4 Å². The third kappa shape index (κ3) is 3.88. The number of hydrogen-bond donors (Lipinski definition) is 2. The Hall–Kier alpha value is -1.99. The first-order valence-corrected chi connectivity index (χ1v) is 8.80. The number of amides is 1. The van der Waals surface area contributed by atoms with Crippen LogP contribution in [0.4, 0.5) is 10.3 Å². The predicted octanol–water partition coefficient (Wildman–Crippen LogP) is 2.59. The third-order valence-corrected chi connectivity index (χ3v) is 5.14. The minimum atomic E-state index is -0.255. The van der Waals surface area contributed by atoms with Gasteiger partial charge in [0.25, 0.3) is 0 Å². The highest BCUT2D eigenvalue weighted by atomic mass is 35.5. The van der Waals surface area contributed by atoms with Crippen LogP contribution < -0.4 is 10.6 Å². The smallest absolute Gasteiger partial charge is 0.230 e. The fourth-order valence-electron chi connectivity index (χ4n) is 3.53. The topological polar surface area (TPSA) is 71.8 Å². The number of halogens is 2. The largest absolute Gasteiger partial charge is 0.317 e. The fraction of sp³-hybridized carbons (Fsp3) is 0.500. The van der Waals surface area contributed by atoms with Gasteiger partial charge in [0.1, 0.15) is 5.82 Å². The molecule has 2 unspecified atom stereocenters. The Morgan fingerprint density at radius 3 is 2.65 bits per heavy atom. The third-order valence-electron chi connectivity index (χ3n) is 5.14. The number of carbonyl (C=O) groups excluding carboxylic acids is 1. The molecule has 2 heterocycles. The molecule has 2 N–H and O–H groups in total. The zero-order valence-corrected chi connectivity index (χ0v) is 15.4. The minimum absolute atomic E-state index is 0. The zero-order chi connectivity index (χ0) is 17.4. The summed E-state index contributed by atoms with van der Waals surface area (Å²) in [5, 5.41) is 10.7. The summed E-state index contributed by atoms with van der Waals surface area (Å²) in [4.78, 5) is 17.0. The molecule has 26 heavy (non-hydrogen) atoms. The number of aromatic nitrogens is 3. The summed E-state index contributed by atoms with van der Waals surface area (Å²) < 4.78 is 14.7. The van der Waals surface area contributed by atoms with E-state index < -0.39 is 0 Å². The molecular weight excluding hydrogens is 357 g/mol. The SMILES string of the molecule is Cl.Cn1nc(C2CCNCC2)nc1NC(=O)C1CC1c1ccc(F)cc1. The lowest BCUT2D eigenvalue weighted by atomic mass is 9.98. The van der Waals surface area contributed by atoms with Crippen LogP contribution in [0.25, 0.3) is 0 Å². The number of rotatable bonds is 4. The Bertz CT molecular complexity index is 772. The van der Waals surface area contributed by atoms with Crippen molar-refractivity contribution in [3.63, 3.8) is 0 Å². The van der Waals surface area contributed by atoms with E-state index in [4.69, 9.17) is 0 Å². The Morgan fingerprint density at radius 1 is 1.27 bits per heavy atom. The Kier molecular flexibility index (Phi) is 5.58. The van der Waals surface area contributed by atoms with E-state index in [1.54, 1.807) is 23.9 Å². The summed E-state index contributed by atoms with van der Waals surface area (Å²) in [6, 6.07) is 6.39. The van der Waals surface area contributed by atoms with Gasteiger partial charge in [0.15, 0.2) is 5.82 Å². The average molecular weight is 380 g/mol. The van der Waals surface area contributed by atoms with Crippen molar-refractivity contribution in [1.29, 1.82) is 0 Å². The van der Waals surface area contributed by atoms with E-state index >= 15 is 0 Å². The maximum Gasteiger partial charge on any atom is 0.230 e. The van der Waals surface area contributed by atoms with Crippen molar-refractivity contribution in [2.45, 2.75) is 31.1 Å². The number of benzene rings is 1. The average Bonchev–Trinajstić information content (AvgIpc) is 3.35. The second kappa shape index (κ2) is 7.72. The van der Waals surface area contributed by atoms with Crippen molar-refractivity contribution < 1.29 is 9.18 Å². The van der Waals surface area contributed by atoms with Gasteiger partial charge in [-0.1, -0.05) is 12.1 Å². The number of nitrogens with zero attached hydrogens (tertiary/aromatic N) is 3. The summed E-state index contributed by atoms with van der Waals surface area (Å²) in [7, 11) is 1.80. The number of piperidine rings is 1. The Morgan fingerprint density at radius 2 is 1.96 bits per heavy atom. The first-order chi connectivity index (χ1) is 12.1. The van der Waals surface area contributed by atoms with Crippen LogP contribution in [0.2, 0.25) is 0 Å². The number of anilines is 1. The number of carbonyl (C=O) groups is 1. The molecule has 2 atom stereocenters. The van der Waals surface area contributed by atoms with E-state index in [2.05, 4.69) is 20.7 Å². The van der Waals surface area contributed by atoms with E-state index in [0.29, 0.717) is 11.9 Å². The van der Waals surface area contributed by atoms with Gasteiger partial charge < -0.3 is 5.32 Å². The van der Waals surface area contributed by atoms with Crippen LogP contribution in [-0.2, 0) is 11.8 Å². The van der Waals surface area contributed by atoms with Crippen LogP contribution in [-0.4, -0.2) is 33.8 Å². The standard InChI is InChI=1S/C18H22FN5O.ClH/c1-24-18(21-16(23-24)12-6-8-20-9-7-12)22-17(25)15-10-14(15)11-2-4-13(19)5-3-11;/h2-5,12,14-15,20H,6-10H2,1H3,(H,21,22,23,25);1H. The second-order valence-corrected chi connectivity index (χ2v) is 6.93. The molecule has 2 aliphatic rings. The zero-order valence-electron chi connectivity index (χ0n) is 14.6. The van der Waals surface area contributed by atoms with Gasteiger partial charge in [0.05, 0.1) is 0 Å². The highest BCUT2D eigenvalue weighted by molar-refractivity contribution is 5.93. The van der Waals surface area contributed by atoms with E-state index in [1.165, 1.54) is 12.1 Å². The maximum absolute atomic E-state index is 13.0. The van der Waals surface area contributed by atoms with Crippen molar-refractivity contribution >= 4 is 24.3 Å². The quantitative estimate of drug-likeness (QED) is 0.856. The first kappa shape index (κ1) is 18.8. The molecule has 1 saturated carbocycles. The second-order valence-electron chi connectivity index (χ2n) is 6.93. The lowest BCUT2D eigenvalue weighted by Crippen LogP contribution is -2.27. The normalized spacial score (nSPS) is 22.5. The van der Waals surface area contributed by atoms with Gasteiger partial charge >= 0.3 is 0 Å². The number of aryl methyl sites for hydroxylation is 1. The minimum Gasteiger partial charge on any atom is -0.317 e. The highest BCUT2D eigenvalue weighted by Crippen LogP contribution is 2.47. The lowest BCUT2D eigenvalue weighted by Gasteiger charge is -2.19. The molecule has 0 bridgehead atoms. The summed E-state index contributed by atoms with van der Waals surface area (Å²) in [6.07, 6.45) is 2.83. The molecule has 8 heteroatoms. The van der Waals surface area contributed by atoms with Crippen molar-refractivity contribution in [2.24, 2.45) is 13.0 Å². The molecule has 1 aliphatic carbocycles. The van der Waals surface area contributed by atoms with Crippen LogP contribution in [0.5, 0.6) is 0 Å². The van der Waals surface area contributed by atoms with Gasteiger partial charge in [0.2, 0.25) is 11.9 Å². The monoisotopic (exact) mass is 379 g/mol. The number of nitrogens with one attached hydrogen (secondary N) is 2. The molecule has 0 radical (unpaired) electrons. The van der Waals surface area contributed by atoms with Crippen LogP contribution in [0.15, 0.2) is 24.3 Å². The summed E-state index contributed by atoms with van der Waals surface area (Å²) in [5.41, 5.74) is 1.01. The van der Waals surface area contributed by atoms with Gasteiger partial charge in [0, 0.05) is 18.9 Å². The van der Waals surface area contributed by atoms with E-state index in [1.807, 2.05) is 0 Å². The molecule has 1 aromatic heterocycles. The highest BCUT2D eigenvalue weighted by Gasteiger charge is 2.44. The van der Waals surface area contributed by atoms with Crippen LogP contribution in [0.3, 0.4) is 0 Å². The lowest BCUT2D eigenvalue weighted by molar-refractivity contribution is -0.117. The molecule has 0 spiro atoms. The van der Waals surface area contributed by atoms with E-state index in [0.717, 1.165) is 43.7 Å². The van der Waals surface area contributed by atoms with E-state index in [-0.39, 0.29) is 36.0 Å². The predicted molar refractivity (Wildman–Crippen MR) is 99.0 cm³/mol. The molecule has 1 aromatic carbocycles. The van der Waals surface area contributed by atoms with Crippen LogP contribution >= 0.6 is 12.4 Å². The van der Waals surface area contributed by atoms with Gasteiger partial charge in [-0.2, -0.15) is 10.1 Å². The Balaban J connectivity index is 0.00000196. The van der Waals surface area contributed by atoms with Crippen molar-refractivity contribution in [3.8, 4) is 0 Å². The molecule has 2 aromatic rings. The van der Waals surface area contributed by atoms with Gasteiger partial charge in [-0.25, -0.2) is 9.07 Å². The van der Waals surface area contributed by atoms with Gasteiger partial charge in [-0.05, 0) is 56.0 Å². The van der Waals surface area contributed by atoms with Crippen LogP contribution in [0, 0.1) is 11.7 Å². The fourth-order valence-corrected chi connectivity index (χ4v) is 3.53. The van der Waals surface area contributed by atoms with Crippen molar-refractivity contribution in [2.75, 3.05) is 18.4 Å². The molecular formula is C18H23ClFN5O. The van der Waals surface area contributed by atoms with Crippen molar-refractivity contribution in [3.05, 3.63) is 41.5 Å². The van der Waals surface area contributed by atoms with E-state index in [9.17, 15) is 9.18 Å². The molecule has 1 aliphatic heterocycles. The summed E-state index contributed by atoms with van der Waals surface area (Å²) in [6.45, 7) is 1.96. The Labute approximate surface area is 158 Å². The van der Waals surface area contributed by atoms with Crippen LogP contribution in [0.1, 0.15) is 42.5 Å². The molecule has 6 nitrogen and oxygen atoms in total. The molecule has 1 amide bonds. The summed E-state index contributed by atoms with van der Waals surface area (Å²) >= 11 is 0. The maximum atomic E-state index is 13.0. The van der Waals surface area contributed by atoms with Crippen molar-refractivity contribution in [1.82, 2.24) is 20.1 Å². The molecule has 2 fully saturated rings.